The number of hydrogen-bond acceptors (Lipinski definition) is 6. The van der Waals surface area contributed by atoms with Crippen LogP contribution in [-0.4, -0.2) is 26.4 Å². The predicted octanol–water partition coefficient (Wildman–Crippen LogP) is 3.57. The van der Waals surface area contributed by atoms with Gasteiger partial charge in [0, 0.05) is 12.5 Å². The maximum absolute atomic E-state index is 13.4. The van der Waals surface area contributed by atoms with Crippen LogP contribution in [0, 0.1) is 11.6 Å². The molecule has 4 aromatic rings. The van der Waals surface area contributed by atoms with Gasteiger partial charge in [0.15, 0.2) is 28.4 Å². The Morgan fingerprint density at radius 2 is 1.85 bits per heavy atom. The van der Waals surface area contributed by atoms with Crippen molar-refractivity contribution in [3.63, 3.8) is 0 Å². The molecule has 0 amide bonds. The van der Waals surface area contributed by atoms with Crippen molar-refractivity contribution >= 4 is 16.3 Å². The van der Waals surface area contributed by atoms with E-state index in [1.54, 1.807) is 4.52 Å². The maximum Gasteiger partial charge on any atom is 0.234 e. The number of fused-ring (bicyclic) bond motifs is 2. The molecule has 0 unspecified atom stereocenters. The zero-order valence-corrected chi connectivity index (χ0v) is 14.6. The van der Waals surface area contributed by atoms with Gasteiger partial charge in [0.05, 0.1) is 0 Å². The molecule has 0 fully saturated rings. The second-order valence-electron chi connectivity index (χ2n) is 6.07. The molecule has 0 N–H and O–H groups in total. The lowest BCUT2D eigenvalue weighted by atomic mass is 10.1. The Morgan fingerprint density at radius 3 is 2.67 bits per heavy atom. The lowest BCUT2D eigenvalue weighted by molar-refractivity contribution is 0.0904. The fourth-order valence-corrected chi connectivity index (χ4v) is 3.82. The van der Waals surface area contributed by atoms with Crippen LogP contribution < -0.4 is 9.47 Å². The maximum atomic E-state index is 13.4. The fraction of sp³-hybridized carbons (Fsp3) is 0.167. The first-order valence-corrected chi connectivity index (χ1v) is 9.02. The Labute approximate surface area is 156 Å². The Kier molecular flexibility index (Phi) is 3.75. The minimum atomic E-state index is -0.629. The van der Waals surface area contributed by atoms with Gasteiger partial charge in [-0.3, -0.25) is 0 Å². The third kappa shape index (κ3) is 2.99. The summed E-state index contributed by atoms with van der Waals surface area (Å²) < 4.78 is 40.1. The molecule has 0 spiro atoms. The standard InChI is InChI=1S/C18H12F2N4O2S/c19-11-5-10(6-12(20)8-11)7-16-21-22-18-24(16)23-17(27-18)15-9-25-13-3-1-2-4-14(13)26-15/h1-6,8,15H,7,9H2/t15-/m1/s1. The summed E-state index contributed by atoms with van der Waals surface area (Å²) >= 11 is 1.34. The molecule has 2 aromatic heterocycles. The van der Waals surface area contributed by atoms with Gasteiger partial charge in [-0.05, 0) is 29.8 Å². The average molecular weight is 386 g/mol. The number of aromatic nitrogens is 4. The number of hydrogen-bond donors (Lipinski definition) is 0. The van der Waals surface area contributed by atoms with Crippen LogP contribution >= 0.6 is 11.3 Å². The molecule has 9 heteroatoms. The lowest BCUT2D eigenvalue weighted by Crippen LogP contribution is -2.21. The van der Waals surface area contributed by atoms with Crippen molar-refractivity contribution in [1.29, 1.82) is 0 Å². The van der Waals surface area contributed by atoms with Gasteiger partial charge in [0.25, 0.3) is 0 Å². The van der Waals surface area contributed by atoms with Crippen LogP contribution in [-0.2, 0) is 6.42 Å². The minimum absolute atomic E-state index is 0.212. The normalized spacial score (nSPS) is 16.0. The van der Waals surface area contributed by atoms with E-state index >= 15 is 0 Å². The van der Waals surface area contributed by atoms with Gasteiger partial charge in [-0.25, -0.2) is 8.78 Å². The van der Waals surface area contributed by atoms with E-state index in [1.807, 2.05) is 24.3 Å². The fourth-order valence-electron chi connectivity index (χ4n) is 2.95. The van der Waals surface area contributed by atoms with Crippen molar-refractivity contribution in [3.05, 3.63) is 70.5 Å². The molecule has 0 radical (unpaired) electrons. The zero-order valence-electron chi connectivity index (χ0n) is 13.8. The number of benzene rings is 2. The van der Waals surface area contributed by atoms with Gasteiger partial charge in [0.2, 0.25) is 4.96 Å². The van der Waals surface area contributed by atoms with Crippen molar-refractivity contribution in [2.75, 3.05) is 6.61 Å². The molecule has 3 heterocycles. The number of nitrogens with zero attached hydrogens (tertiary/aromatic N) is 4. The summed E-state index contributed by atoms with van der Waals surface area (Å²) in [6.45, 7) is 0.339. The van der Waals surface area contributed by atoms with E-state index in [4.69, 9.17) is 9.47 Å². The zero-order chi connectivity index (χ0) is 18.4. The first-order chi connectivity index (χ1) is 13.2. The molecule has 0 saturated carbocycles. The first kappa shape index (κ1) is 16.1. The van der Waals surface area contributed by atoms with Crippen molar-refractivity contribution in [1.82, 2.24) is 19.8 Å². The third-order valence-corrected chi connectivity index (χ3v) is 5.13. The average Bonchev–Trinajstić information content (AvgIpc) is 3.22. The summed E-state index contributed by atoms with van der Waals surface area (Å²) in [5, 5.41) is 13.4. The highest BCUT2D eigenvalue weighted by Gasteiger charge is 2.26. The van der Waals surface area contributed by atoms with Crippen LogP contribution in [0.15, 0.2) is 42.5 Å². The van der Waals surface area contributed by atoms with Crippen LogP contribution in [0.3, 0.4) is 0 Å². The van der Waals surface area contributed by atoms with Crippen LogP contribution in [0.1, 0.15) is 22.5 Å². The summed E-state index contributed by atoms with van der Waals surface area (Å²) in [6, 6.07) is 10.8. The van der Waals surface area contributed by atoms with Gasteiger partial charge in [-0.2, -0.15) is 9.61 Å². The van der Waals surface area contributed by atoms with E-state index in [1.165, 1.54) is 23.5 Å². The summed E-state index contributed by atoms with van der Waals surface area (Å²) in [6.07, 6.45) is -0.143. The molecule has 1 atom stereocenters. The summed E-state index contributed by atoms with van der Waals surface area (Å²) in [5.41, 5.74) is 0.461. The molecule has 0 bridgehead atoms. The molecule has 0 saturated heterocycles. The summed E-state index contributed by atoms with van der Waals surface area (Å²) in [4.78, 5) is 0.583. The van der Waals surface area contributed by atoms with Crippen molar-refractivity contribution in [2.24, 2.45) is 0 Å². The van der Waals surface area contributed by atoms with E-state index in [0.29, 0.717) is 39.5 Å². The topological polar surface area (TPSA) is 61.5 Å². The van der Waals surface area contributed by atoms with Crippen molar-refractivity contribution in [2.45, 2.75) is 12.5 Å². The highest BCUT2D eigenvalue weighted by atomic mass is 32.1. The van der Waals surface area contributed by atoms with Gasteiger partial charge in [-0.1, -0.05) is 23.5 Å². The minimum Gasteiger partial charge on any atom is -0.485 e. The Morgan fingerprint density at radius 1 is 1.07 bits per heavy atom. The molecule has 1 aliphatic rings. The molecule has 136 valence electrons. The van der Waals surface area contributed by atoms with Crippen molar-refractivity contribution in [3.8, 4) is 11.5 Å². The second kappa shape index (κ2) is 6.27. The van der Waals surface area contributed by atoms with E-state index in [2.05, 4.69) is 15.3 Å². The Hall–Kier alpha value is -3.07. The monoisotopic (exact) mass is 386 g/mol. The SMILES string of the molecule is Fc1cc(F)cc(Cc2nnc3sc([C@H]4COc5ccccc5O4)nn23)c1. The number of rotatable bonds is 3. The third-order valence-electron chi connectivity index (χ3n) is 4.14. The number of ether oxygens (including phenoxy) is 2. The van der Waals surface area contributed by atoms with E-state index in [9.17, 15) is 8.78 Å². The van der Waals surface area contributed by atoms with Gasteiger partial charge in [0.1, 0.15) is 18.2 Å². The largest absolute Gasteiger partial charge is 0.485 e. The van der Waals surface area contributed by atoms with Gasteiger partial charge < -0.3 is 9.47 Å². The molecule has 6 nitrogen and oxygen atoms in total. The molecule has 1 aliphatic heterocycles. The number of para-hydroxylation sites is 2. The van der Waals surface area contributed by atoms with E-state index in [0.717, 1.165) is 6.07 Å². The molecule has 2 aromatic carbocycles. The predicted molar refractivity (Wildman–Crippen MR) is 93.1 cm³/mol. The summed E-state index contributed by atoms with van der Waals surface area (Å²) in [5.74, 6) is 0.600. The highest BCUT2D eigenvalue weighted by Crippen LogP contribution is 2.36. The van der Waals surface area contributed by atoms with Gasteiger partial charge in [-0.15, -0.1) is 10.2 Å². The molecule has 0 aliphatic carbocycles. The van der Waals surface area contributed by atoms with Gasteiger partial charge >= 0.3 is 0 Å². The summed E-state index contributed by atoms with van der Waals surface area (Å²) in [7, 11) is 0. The Bertz CT molecular complexity index is 1120. The van der Waals surface area contributed by atoms with Crippen molar-refractivity contribution < 1.29 is 18.3 Å². The van der Waals surface area contributed by atoms with Crippen LogP contribution in [0.5, 0.6) is 11.5 Å². The number of halogens is 2. The second-order valence-corrected chi connectivity index (χ2v) is 7.06. The van der Waals surface area contributed by atoms with E-state index in [-0.39, 0.29) is 12.5 Å². The highest BCUT2D eigenvalue weighted by molar-refractivity contribution is 7.16. The Balaban J connectivity index is 1.44. The lowest BCUT2D eigenvalue weighted by Gasteiger charge is -2.24. The van der Waals surface area contributed by atoms with Crippen LogP contribution in [0.2, 0.25) is 0 Å². The molecular weight excluding hydrogens is 374 g/mol. The van der Waals surface area contributed by atoms with Crippen LogP contribution in [0.25, 0.3) is 4.96 Å². The molecule has 5 rings (SSSR count). The first-order valence-electron chi connectivity index (χ1n) is 8.20. The molecule has 27 heavy (non-hydrogen) atoms. The van der Waals surface area contributed by atoms with Crippen LogP contribution in [0.4, 0.5) is 8.78 Å². The molecular formula is C18H12F2N4O2S. The smallest absolute Gasteiger partial charge is 0.234 e. The quantitative estimate of drug-likeness (QED) is 0.539. The van der Waals surface area contributed by atoms with E-state index < -0.39 is 11.6 Å².